The predicted octanol–water partition coefficient (Wildman–Crippen LogP) is 2.89. The van der Waals surface area contributed by atoms with Gasteiger partial charge in [0.05, 0.1) is 5.54 Å². The lowest BCUT2D eigenvalue weighted by molar-refractivity contribution is 0.0474. The first-order valence-corrected chi connectivity index (χ1v) is 8.41. The summed E-state index contributed by atoms with van der Waals surface area (Å²) in [6, 6.07) is 0. The van der Waals surface area contributed by atoms with Crippen LogP contribution < -0.4 is 16.0 Å². The SMILES string of the molecule is CN=C(NCCCC(C)C)NCC(C)(C)NC(=O)OC(C)(C)C. The highest BCUT2D eigenvalue weighted by atomic mass is 16.6. The van der Waals surface area contributed by atoms with Gasteiger partial charge in [0.2, 0.25) is 0 Å². The van der Waals surface area contributed by atoms with E-state index in [0.717, 1.165) is 18.9 Å². The van der Waals surface area contributed by atoms with Crippen LogP contribution in [0.4, 0.5) is 4.79 Å². The lowest BCUT2D eigenvalue weighted by atomic mass is 10.1. The molecule has 0 atom stereocenters. The highest BCUT2D eigenvalue weighted by molar-refractivity contribution is 5.79. The monoisotopic (exact) mass is 328 g/mol. The molecular weight excluding hydrogens is 292 g/mol. The van der Waals surface area contributed by atoms with Gasteiger partial charge in [0.1, 0.15) is 5.60 Å². The molecule has 0 bridgehead atoms. The van der Waals surface area contributed by atoms with Gasteiger partial charge in [0, 0.05) is 20.1 Å². The summed E-state index contributed by atoms with van der Waals surface area (Å²) in [5.74, 6) is 1.46. The summed E-state index contributed by atoms with van der Waals surface area (Å²) in [5.41, 5.74) is -0.945. The second kappa shape index (κ2) is 9.63. The molecule has 0 spiro atoms. The number of rotatable bonds is 7. The standard InChI is InChI=1S/C17H36N4O2/c1-13(2)10-9-11-19-14(18-8)20-12-17(6,7)21-15(22)23-16(3,4)5/h13H,9-12H2,1-8H3,(H,21,22)(H2,18,19,20). The molecule has 23 heavy (non-hydrogen) atoms. The molecule has 0 aliphatic carbocycles. The third kappa shape index (κ3) is 12.7. The van der Waals surface area contributed by atoms with Crippen molar-refractivity contribution in [3.63, 3.8) is 0 Å². The van der Waals surface area contributed by atoms with Gasteiger partial charge in [-0.05, 0) is 53.4 Å². The highest BCUT2D eigenvalue weighted by Gasteiger charge is 2.24. The van der Waals surface area contributed by atoms with E-state index < -0.39 is 17.2 Å². The Morgan fingerprint density at radius 1 is 1.13 bits per heavy atom. The number of hydrogen-bond acceptors (Lipinski definition) is 3. The molecule has 0 aromatic rings. The minimum atomic E-state index is -0.498. The molecule has 0 saturated carbocycles. The maximum absolute atomic E-state index is 11.9. The zero-order valence-corrected chi connectivity index (χ0v) is 16.2. The Hall–Kier alpha value is -1.46. The normalized spacial score (nSPS) is 13.0. The van der Waals surface area contributed by atoms with E-state index in [1.165, 1.54) is 6.42 Å². The number of amides is 1. The summed E-state index contributed by atoms with van der Waals surface area (Å²) in [6.07, 6.45) is 1.89. The minimum Gasteiger partial charge on any atom is -0.444 e. The number of ether oxygens (including phenoxy) is 1. The number of carbonyl (C=O) groups excluding carboxylic acids is 1. The van der Waals surface area contributed by atoms with Crippen LogP contribution in [0.25, 0.3) is 0 Å². The number of hydrogen-bond donors (Lipinski definition) is 3. The van der Waals surface area contributed by atoms with Crippen molar-refractivity contribution in [2.75, 3.05) is 20.1 Å². The van der Waals surface area contributed by atoms with Crippen molar-refractivity contribution in [3.05, 3.63) is 0 Å². The van der Waals surface area contributed by atoms with Crippen molar-refractivity contribution in [1.82, 2.24) is 16.0 Å². The molecule has 136 valence electrons. The van der Waals surface area contributed by atoms with Crippen molar-refractivity contribution in [3.8, 4) is 0 Å². The zero-order chi connectivity index (χ0) is 18.1. The number of nitrogens with zero attached hydrogens (tertiary/aromatic N) is 1. The van der Waals surface area contributed by atoms with Crippen LogP contribution in [0, 0.1) is 5.92 Å². The lowest BCUT2D eigenvalue weighted by Crippen LogP contribution is -2.54. The number of nitrogens with one attached hydrogen (secondary N) is 3. The zero-order valence-electron chi connectivity index (χ0n) is 16.2. The Morgan fingerprint density at radius 3 is 2.22 bits per heavy atom. The third-order valence-electron chi connectivity index (χ3n) is 3.01. The minimum absolute atomic E-state index is 0.413. The average molecular weight is 329 g/mol. The third-order valence-corrected chi connectivity index (χ3v) is 3.01. The fraction of sp³-hybridized carbons (Fsp3) is 0.882. The summed E-state index contributed by atoms with van der Waals surface area (Å²) in [5, 5.41) is 9.39. The van der Waals surface area contributed by atoms with E-state index in [1.807, 2.05) is 34.6 Å². The first-order valence-electron chi connectivity index (χ1n) is 8.41. The molecule has 0 fully saturated rings. The van der Waals surface area contributed by atoms with Gasteiger partial charge < -0.3 is 20.7 Å². The Kier molecular flexibility index (Phi) is 9.02. The molecule has 3 N–H and O–H groups in total. The largest absolute Gasteiger partial charge is 0.444 e. The first kappa shape index (κ1) is 21.5. The molecule has 0 aromatic carbocycles. The Bertz CT molecular complexity index is 385. The van der Waals surface area contributed by atoms with Gasteiger partial charge in [-0.3, -0.25) is 4.99 Å². The smallest absolute Gasteiger partial charge is 0.408 e. The second-order valence-electron chi connectivity index (χ2n) is 7.90. The molecule has 1 amide bonds. The fourth-order valence-corrected chi connectivity index (χ4v) is 1.87. The fourth-order valence-electron chi connectivity index (χ4n) is 1.87. The molecule has 0 radical (unpaired) electrons. The number of aliphatic imine (C=N–C) groups is 1. The van der Waals surface area contributed by atoms with Crippen LogP contribution in [0.15, 0.2) is 4.99 Å². The van der Waals surface area contributed by atoms with E-state index in [2.05, 4.69) is 34.8 Å². The summed E-state index contributed by atoms with van der Waals surface area (Å²) in [6.45, 7) is 15.3. The van der Waals surface area contributed by atoms with Crippen LogP contribution in [0.2, 0.25) is 0 Å². The van der Waals surface area contributed by atoms with E-state index in [0.29, 0.717) is 12.5 Å². The van der Waals surface area contributed by atoms with Crippen molar-refractivity contribution >= 4 is 12.1 Å². The molecule has 0 unspecified atom stereocenters. The molecule has 6 heteroatoms. The van der Waals surface area contributed by atoms with Gasteiger partial charge in [-0.2, -0.15) is 0 Å². The summed E-state index contributed by atoms with van der Waals surface area (Å²) in [7, 11) is 1.74. The quantitative estimate of drug-likeness (QED) is 0.382. The predicted molar refractivity (Wildman–Crippen MR) is 96.9 cm³/mol. The van der Waals surface area contributed by atoms with Crippen LogP contribution in [-0.2, 0) is 4.74 Å². The van der Waals surface area contributed by atoms with E-state index in [1.54, 1.807) is 7.05 Å². The van der Waals surface area contributed by atoms with Crippen LogP contribution in [0.3, 0.4) is 0 Å². The summed E-state index contributed by atoms with van der Waals surface area (Å²) < 4.78 is 5.28. The van der Waals surface area contributed by atoms with Crippen molar-refractivity contribution in [1.29, 1.82) is 0 Å². The van der Waals surface area contributed by atoms with Crippen LogP contribution >= 0.6 is 0 Å². The van der Waals surface area contributed by atoms with E-state index >= 15 is 0 Å². The molecule has 0 saturated heterocycles. The molecule has 0 rings (SSSR count). The van der Waals surface area contributed by atoms with E-state index in [-0.39, 0.29) is 0 Å². The summed E-state index contributed by atoms with van der Waals surface area (Å²) in [4.78, 5) is 16.1. The van der Waals surface area contributed by atoms with Gasteiger partial charge in [-0.1, -0.05) is 13.8 Å². The molecule has 0 aromatic heterocycles. The number of carbonyl (C=O) groups is 1. The first-order chi connectivity index (χ1) is 10.4. The van der Waals surface area contributed by atoms with Crippen LogP contribution in [0.5, 0.6) is 0 Å². The van der Waals surface area contributed by atoms with Gasteiger partial charge in [-0.15, -0.1) is 0 Å². The molecule has 0 aliphatic rings. The van der Waals surface area contributed by atoms with Gasteiger partial charge in [0.25, 0.3) is 0 Å². The summed E-state index contributed by atoms with van der Waals surface area (Å²) >= 11 is 0. The van der Waals surface area contributed by atoms with Gasteiger partial charge in [-0.25, -0.2) is 4.79 Å². The number of alkyl carbamates (subject to hydrolysis) is 1. The van der Waals surface area contributed by atoms with E-state index in [4.69, 9.17) is 4.74 Å². The maximum Gasteiger partial charge on any atom is 0.408 e. The molecule has 0 heterocycles. The van der Waals surface area contributed by atoms with Gasteiger partial charge >= 0.3 is 6.09 Å². The van der Waals surface area contributed by atoms with Gasteiger partial charge in [0.15, 0.2) is 5.96 Å². The molecule has 6 nitrogen and oxygen atoms in total. The average Bonchev–Trinajstić information content (AvgIpc) is 2.34. The van der Waals surface area contributed by atoms with Crippen LogP contribution in [0.1, 0.15) is 61.3 Å². The van der Waals surface area contributed by atoms with Crippen molar-refractivity contribution in [2.24, 2.45) is 10.9 Å². The van der Waals surface area contributed by atoms with Crippen molar-refractivity contribution in [2.45, 2.75) is 72.4 Å². The topological polar surface area (TPSA) is 74.8 Å². The Labute approximate surface area is 141 Å². The molecule has 0 aliphatic heterocycles. The Morgan fingerprint density at radius 2 is 1.74 bits per heavy atom. The maximum atomic E-state index is 11.9. The highest BCUT2D eigenvalue weighted by Crippen LogP contribution is 2.09. The lowest BCUT2D eigenvalue weighted by Gasteiger charge is -2.29. The van der Waals surface area contributed by atoms with Crippen molar-refractivity contribution < 1.29 is 9.53 Å². The number of guanidine groups is 1. The Balaban J connectivity index is 4.20. The van der Waals surface area contributed by atoms with Crippen LogP contribution in [-0.4, -0.2) is 43.3 Å². The van der Waals surface area contributed by atoms with E-state index in [9.17, 15) is 4.79 Å². The molecular formula is C17H36N4O2. The second-order valence-corrected chi connectivity index (χ2v) is 7.90.